The van der Waals surface area contributed by atoms with Crippen molar-refractivity contribution in [3.63, 3.8) is 0 Å². The molecule has 0 unspecified atom stereocenters. The second-order valence-electron chi connectivity index (χ2n) is 12.9. The van der Waals surface area contributed by atoms with Gasteiger partial charge in [0, 0.05) is 48.2 Å². The molecule has 0 bridgehead atoms. The molecule has 49 heavy (non-hydrogen) atoms. The van der Waals surface area contributed by atoms with Gasteiger partial charge in [0.25, 0.3) is 5.91 Å². The van der Waals surface area contributed by atoms with E-state index in [1.54, 1.807) is 12.1 Å². The lowest BCUT2D eigenvalue weighted by molar-refractivity contribution is -0.129. The Balaban J connectivity index is 1.27. The van der Waals surface area contributed by atoms with Crippen molar-refractivity contribution in [3.8, 4) is 22.5 Å². The lowest BCUT2D eigenvalue weighted by Crippen LogP contribution is -2.34. The molecule has 0 spiro atoms. The first-order valence-electron chi connectivity index (χ1n) is 17.4. The van der Waals surface area contributed by atoms with Crippen LogP contribution in [0.25, 0.3) is 22.5 Å². The predicted molar refractivity (Wildman–Crippen MR) is 192 cm³/mol. The van der Waals surface area contributed by atoms with E-state index in [0.717, 1.165) is 67.6 Å². The molecule has 3 aromatic carbocycles. The minimum absolute atomic E-state index is 0.0355. The Hall–Kier alpha value is -4.74. The number of H-pyrrole nitrogens is 1. The number of carbonyl (C=O) groups is 3. The van der Waals surface area contributed by atoms with Crippen molar-refractivity contribution in [2.24, 2.45) is 23.5 Å². The number of amides is 2. The molecule has 5 rings (SSSR count). The fraction of sp³-hybridized carbons (Fsp3) is 0.421. The van der Waals surface area contributed by atoms with Crippen LogP contribution >= 0.6 is 0 Å². The van der Waals surface area contributed by atoms with Crippen molar-refractivity contribution < 1.29 is 14.4 Å². The number of carbonyl (C=O) groups excluding carboxylic acids is 3. The van der Waals surface area contributed by atoms with Crippen molar-refractivity contribution in [2.45, 2.75) is 52.4 Å². The quantitative estimate of drug-likeness (QED) is 0.128. The summed E-state index contributed by atoms with van der Waals surface area (Å²) in [7, 11) is 0. The zero-order valence-electron chi connectivity index (χ0n) is 28.5. The highest BCUT2D eigenvalue weighted by Crippen LogP contribution is 2.31. The number of benzene rings is 3. The summed E-state index contributed by atoms with van der Waals surface area (Å²) in [5, 5.41) is 20.1. The third kappa shape index (κ3) is 9.90. The molecule has 1 aliphatic carbocycles. The van der Waals surface area contributed by atoms with Crippen molar-refractivity contribution >= 4 is 23.3 Å². The number of nitrogens with zero attached hydrogens (tertiary/aromatic N) is 4. The fourth-order valence-electron chi connectivity index (χ4n) is 6.56. The van der Waals surface area contributed by atoms with Gasteiger partial charge in [-0.05, 0) is 116 Å². The van der Waals surface area contributed by atoms with Gasteiger partial charge in [-0.2, -0.15) is 5.21 Å². The summed E-state index contributed by atoms with van der Waals surface area (Å²) >= 11 is 0. The van der Waals surface area contributed by atoms with Gasteiger partial charge in [0.2, 0.25) is 11.7 Å². The maximum absolute atomic E-state index is 13.8. The van der Waals surface area contributed by atoms with Crippen LogP contribution < -0.4 is 16.4 Å². The number of rotatable bonds is 16. The number of tetrazole rings is 1. The largest absolute Gasteiger partial charge is 0.351 e. The van der Waals surface area contributed by atoms with E-state index >= 15 is 0 Å². The Morgan fingerprint density at radius 2 is 1.63 bits per heavy atom. The predicted octanol–water partition coefficient (Wildman–Crippen LogP) is 5.13. The molecule has 1 aliphatic rings. The summed E-state index contributed by atoms with van der Waals surface area (Å²) in [6, 6.07) is 22.9. The Kier molecular flexibility index (Phi) is 12.8. The number of Topliss-reactive ketones (excluding diaryl/α,β-unsaturated/α-hetero) is 1. The van der Waals surface area contributed by atoms with Crippen LogP contribution in [0, 0.1) is 17.8 Å². The van der Waals surface area contributed by atoms with E-state index < -0.39 is 5.92 Å². The van der Waals surface area contributed by atoms with E-state index in [4.69, 9.17) is 5.73 Å². The minimum atomic E-state index is -0.547. The van der Waals surface area contributed by atoms with Gasteiger partial charge in [-0.25, -0.2) is 0 Å². The summed E-state index contributed by atoms with van der Waals surface area (Å²) in [6.45, 7) is 8.21. The molecule has 4 aromatic rings. The molecule has 11 nitrogen and oxygen atoms in total. The average molecular weight is 665 g/mol. The fourth-order valence-corrected chi connectivity index (χ4v) is 6.56. The molecule has 0 saturated heterocycles. The van der Waals surface area contributed by atoms with Gasteiger partial charge < -0.3 is 21.3 Å². The third-order valence-corrected chi connectivity index (χ3v) is 9.71. The lowest BCUT2D eigenvalue weighted by Gasteiger charge is -2.27. The van der Waals surface area contributed by atoms with E-state index in [-0.39, 0.29) is 29.9 Å². The molecule has 1 fully saturated rings. The van der Waals surface area contributed by atoms with Gasteiger partial charge in [-0.15, -0.1) is 10.2 Å². The zero-order chi connectivity index (χ0) is 34.6. The van der Waals surface area contributed by atoms with Crippen LogP contribution in [0.1, 0.15) is 61.9 Å². The Morgan fingerprint density at radius 3 is 2.29 bits per heavy atom. The maximum Gasteiger partial charge on any atom is 0.251 e. The third-order valence-electron chi connectivity index (χ3n) is 9.71. The zero-order valence-corrected chi connectivity index (χ0v) is 28.5. The molecule has 11 heteroatoms. The van der Waals surface area contributed by atoms with Crippen LogP contribution in [0.2, 0.25) is 0 Å². The number of likely N-dealkylation sites (N-methyl/N-ethyl adjacent to an activating group) is 1. The highest BCUT2D eigenvalue weighted by atomic mass is 16.2. The summed E-state index contributed by atoms with van der Waals surface area (Å²) in [5.41, 5.74) is 10.8. The molecule has 1 saturated carbocycles. The molecular formula is C38H48N8O3. The Morgan fingerprint density at radius 1 is 0.918 bits per heavy atom. The average Bonchev–Trinajstić information content (AvgIpc) is 3.69. The van der Waals surface area contributed by atoms with E-state index in [1.807, 2.05) is 54.6 Å². The first-order chi connectivity index (χ1) is 23.9. The van der Waals surface area contributed by atoms with Crippen molar-refractivity contribution in [3.05, 3.63) is 83.9 Å². The number of nitrogens with two attached hydrogens (primary N) is 1. The number of aromatic nitrogens is 4. The van der Waals surface area contributed by atoms with Crippen LogP contribution in [0.3, 0.4) is 0 Å². The smallest absolute Gasteiger partial charge is 0.251 e. The number of anilines is 1. The second-order valence-corrected chi connectivity index (χ2v) is 12.9. The van der Waals surface area contributed by atoms with Gasteiger partial charge in [-0.3, -0.25) is 14.4 Å². The first kappa shape index (κ1) is 35.6. The Labute approximate surface area is 288 Å². The highest BCUT2D eigenvalue weighted by molar-refractivity contribution is 5.96. The van der Waals surface area contributed by atoms with E-state index in [9.17, 15) is 14.4 Å². The maximum atomic E-state index is 13.8. The standard InChI is InChI=1S/C38H48N8O3/c1-3-46(4-2)21-20-40-37(48)31-14-12-28(13-15-31)32-7-5-6-27(22-32)23-33(24-35(47)29-10-8-26(25-39)9-11-29)38(49)41-34-18-16-30(17-19-34)36-42-44-45-43-36/h5-7,12-19,22,26,29,33H,3-4,8-11,20-21,23-25,39H2,1-2H3,(H,40,48)(H,41,49)(H,42,43,44,45)/t26?,29?,33-/m1/s1. The van der Waals surface area contributed by atoms with E-state index in [0.29, 0.717) is 42.5 Å². The highest BCUT2D eigenvalue weighted by Gasteiger charge is 2.30. The van der Waals surface area contributed by atoms with Crippen molar-refractivity contribution in [2.75, 3.05) is 38.0 Å². The monoisotopic (exact) mass is 664 g/mol. The number of nitrogens with one attached hydrogen (secondary N) is 3. The van der Waals surface area contributed by atoms with Crippen LogP contribution in [0.15, 0.2) is 72.8 Å². The van der Waals surface area contributed by atoms with Crippen LogP contribution in [-0.4, -0.2) is 75.8 Å². The topological polar surface area (TPSA) is 159 Å². The van der Waals surface area contributed by atoms with Crippen LogP contribution in [0.4, 0.5) is 5.69 Å². The van der Waals surface area contributed by atoms with Crippen molar-refractivity contribution in [1.82, 2.24) is 30.8 Å². The number of hydrogen-bond donors (Lipinski definition) is 4. The van der Waals surface area contributed by atoms with Crippen molar-refractivity contribution in [1.29, 1.82) is 0 Å². The lowest BCUT2D eigenvalue weighted by atomic mass is 9.77. The Bertz CT molecular complexity index is 1650. The van der Waals surface area contributed by atoms with E-state index in [2.05, 4.69) is 56.1 Å². The van der Waals surface area contributed by atoms with Crippen LogP contribution in [-0.2, 0) is 16.0 Å². The minimum Gasteiger partial charge on any atom is -0.351 e. The number of aromatic amines is 1. The second kappa shape index (κ2) is 17.6. The summed E-state index contributed by atoms with van der Waals surface area (Å²) in [6.07, 6.45) is 4.15. The summed E-state index contributed by atoms with van der Waals surface area (Å²) in [5.74, 6) is 0.216. The molecular weight excluding hydrogens is 616 g/mol. The summed E-state index contributed by atoms with van der Waals surface area (Å²) < 4.78 is 0. The molecule has 0 aliphatic heterocycles. The van der Waals surface area contributed by atoms with E-state index in [1.165, 1.54) is 0 Å². The molecule has 1 aromatic heterocycles. The van der Waals surface area contributed by atoms with Gasteiger partial charge in [0.05, 0.1) is 0 Å². The van der Waals surface area contributed by atoms with Crippen LogP contribution in [0.5, 0.6) is 0 Å². The normalized spacial score (nSPS) is 16.7. The summed E-state index contributed by atoms with van der Waals surface area (Å²) in [4.78, 5) is 42.3. The molecule has 258 valence electrons. The molecule has 5 N–H and O–H groups in total. The molecule has 0 radical (unpaired) electrons. The molecule has 2 amide bonds. The SMILES string of the molecule is CCN(CC)CCNC(=O)c1ccc(-c2cccc(C[C@H](CC(=O)C3CCC(CN)CC3)C(=O)Nc3ccc(-c4nn[nH]n4)cc3)c2)cc1. The molecule has 1 atom stereocenters. The number of hydrogen-bond acceptors (Lipinski definition) is 8. The van der Waals surface area contributed by atoms with Gasteiger partial charge in [0.1, 0.15) is 5.78 Å². The van der Waals surface area contributed by atoms with Gasteiger partial charge in [-0.1, -0.05) is 50.2 Å². The van der Waals surface area contributed by atoms with Gasteiger partial charge in [0.15, 0.2) is 0 Å². The first-order valence-corrected chi connectivity index (χ1v) is 17.4. The number of ketones is 1. The molecule has 1 heterocycles. The van der Waals surface area contributed by atoms with Gasteiger partial charge >= 0.3 is 0 Å².